The van der Waals surface area contributed by atoms with Gasteiger partial charge >= 0.3 is 0 Å². The molecule has 0 aliphatic carbocycles. The molecule has 0 spiro atoms. The molecule has 3 rings (SSSR count). The normalized spacial score (nSPS) is 14.6. The van der Waals surface area contributed by atoms with Gasteiger partial charge in [-0.25, -0.2) is 12.8 Å². The molecule has 1 aliphatic rings. The van der Waals surface area contributed by atoms with Gasteiger partial charge in [0.15, 0.2) is 0 Å². The number of halogens is 1. The molecule has 1 heterocycles. The van der Waals surface area contributed by atoms with Gasteiger partial charge in [-0.1, -0.05) is 12.1 Å². The second-order valence-electron chi connectivity index (χ2n) is 6.58. The summed E-state index contributed by atoms with van der Waals surface area (Å²) in [5.41, 5.74) is -0.149. The first-order chi connectivity index (χ1) is 13.4. The highest BCUT2D eigenvalue weighted by molar-refractivity contribution is 7.92. The lowest BCUT2D eigenvalue weighted by Gasteiger charge is -2.30. The summed E-state index contributed by atoms with van der Waals surface area (Å²) < 4.78 is 46.9. The quantitative estimate of drug-likeness (QED) is 0.740. The van der Waals surface area contributed by atoms with Gasteiger partial charge in [0.1, 0.15) is 18.1 Å². The zero-order valence-corrected chi connectivity index (χ0v) is 16.5. The first-order valence-corrected chi connectivity index (χ1v) is 10.6. The zero-order chi connectivity index (χ0) is 20.1. The molecular weight excluding hydrogens is 383 g/mol. The van der Waals surface area contributed by atoms with Crippen LogP contribution in [-0.4, -0.2) is 46.0 Å². The number of likely N-dealkylation sites (tertiary alicyclic amines) is 1. The molecule has 0 N–H and O–H groups in total. The van der Waals surface area contributed by atoms with Gasteiger partial charge in [0.2, 0.25) is 5.91 Å². The average molecular weight is 406 g/mol. The van der Waals surface area contributed by atoms with E-state index in [1.165, 1.54) is 49.6 Å². The van der Waals surface area contributed by atoms with Gasteiger partial charge < -0.3 is 9.64 Å². The van der Waals surface area contributed by atoms with E-state index >= 15 is 0 Å². The van der Waals surface area contributed by atoms with E-state index in [4.69, 9.17) is 4.74 Å². The van der Waals surface area contributed by atoms with Crippen LogP contribution in [0.4, 0.5) is 10.1 Å². The number of hydrogen-bond acceptors (Lipinski definition) is 4. The van der Waals surface area contributed by atoms with E-state index in [1.54, 1.807) is 11.0 Å². The molecule has 0 saturated carbocycles. The third kappa shape index (κ3) is 4.27. The molecule has 8 heteroatoms. The van der Waals surface area contributed by atoms with Crippen molar-refractivity contribution in [1.29, 1.82) is 0 Å². The lowest BCUT2D eigenvalue weighted by molar-refractivity contribution is -0.130. The summed E-state index contributed by atoms with van der Waals surface area (Å²) in [5.74, 6) is -0.535. The molecule has 1 aliphatic heterocycles. The Kier molecular flexibility index (Phi) is 6.18. The molecule has 0 bridgehead atoms. The van der Waals surface area contributed by atoms with Crippen molar-refractivity contribution in [3.63, 3.8) is 0 Å². The maximum Gasteiger partial charge on any atom is 0.264 e. The molecule has 0 unspecified atom stereocenters. The Morgan fingerprint density at radius 3 is 2.32 bits per heavy atom. The summed E-state index contributed by atoms with van der Waals surface area (Å²) in [6.07, 6.45) is 2.82. The Morgan fingerprint density at radius 2 is 1.71 bits per heavy atom. The van der Waals surface area contributed by atoms with E-state index in [0.29, 0.717) is 18.8 Å². The Morgan fingerprint density at radius 1 is 1.07 bits per heavy atom. The maximum atomic E-state index is 14.4. The molecular formula is C20H23FN2O4S. The maximum absolute atomic E-state index is 14.4. The van der Waals surface area contributed by atoms with Gasteiger partial charge in [0.05, 0.1) is 17.7 Å². The number of carbonyl (C=O) groups excluding carboxylic acids is 1. The highest BCUT2D eigenvalue weighted by atomic mass is 32.2. The van der Waals surface area contributed by atoms with Crippen molar-refractivity contribution in [2.75, 3.05) is 31.0 Å². The third-order valence-electron chi connectivity index (χ3n) is 4.76. The number of methoxy groups -OCH3 is 1. The van der Waals surface area contributed by atoms with Crippen molar-refractivity contribution < 1.29 is 22.3 Å². The molecule has 0 aromatic heterocycles. The van der Waals surface area contributed by atoms with E-state index in [2.05, 4.69) is 0 Å². The third-order valence-corrected chi connectivity index (χ3v) is 6.53. The fourth-order valence-corrected chi connectivity index (χ4v) is 4.62. The molecule has 150 valence electrons. The number of nitrogens with zero attached hydrogens (tertiary/aromatic N) is 2. The molecule has 2 aromatic rings. The lowest BCUT2D eigenvalue weighted by atomic mass is 10.1. The van der Waals surface area contributed by atoms with Crippen molar-refractivity contribution in [2.24, 2.45) is 0 Å². The molecule has 1 amide bonds. The predicted octanol–water partition coefficient (Wildman–Crippen LogP) is 3.04. The summed E-state index contributed by atoms with van der Waals surface area (Å²) >= 11 is 0. The molecule has 6 nitrogen and oxygen atoms in total. The van der Waals surface area contributed by atoms with Gasteiger partial charge in [-0.3, -0.25) is 9.10 Å². The van der Waals surface area contributed by atoms with E-state index < -0.39 is 22.4 Å². The standard InChI is InChI=1S/C20H23FN2O4S/c1-27-16-9-11-17(12-10-16)28(25,26)23(19-8-4-3-7-18(19)21)15-20(24)22-13-5-2-6-14-22/h3-4,7-12H,2,5-6,13-15H2,1H3. The fourth-order valence-electron chi connectivity index (χ4n) is 3.19. The number of hydrogen-bond donors (Lipinski definition) is 0. The number of amides is 1. The van der Waals surface area contributed by atoms with Gasteiger partial charge in [0, 0.05) is 13.1 Å². The number of para-hydroxylation sites is 1. The van der Waals surface area contributed by atoms with Crippen LogP contribution >= 0.6 is 0 Å². The minimum Gasteiger partial charge on any atom is -0.497 e. The van der Waals surface area contributed by atoms with Crippen LogP contribution in [0, 0.1) is 5.82 Å². The van der Waals surface area contributed by atoms with Gasteiger partial charge in [-0.2, -0.15) is 0 Å². The average Bonchev–Trinajstić information content (AvgIpc) is 2.73. The highest BCUT2D eigenvalue weighted by Crippen LogP contribution is 2.27. The van der Waals surface area contributed by atoms with E-state index in [-0.39, 0.29) is 16.5 Å². The number of benzene rings is 2. The zero-order valence-electron chi connectivity index (χ0n) is 15.7. The SMILES string of the molecule is COc1ccc(S(=O)(=O)N(CC(=O)N2CCCCC2)c2ccccc2F)cc1. The summed E-state index contributed by atoms with van der Waals surface area (Å²) in [7, 11) is -2.67. The largest absolute Gasteiger partial charge is 0.497 e. The number of sulfonamides is 1. The van der Waals surface area contributed by atoms with Crippen LogP contribution in [-0.2, 0) is 14.8 Å². The second kappa shape index (κ2) is 8.60. The van der Waals surface area contributed by atoms with Gasteiger partial charge in [0.25, 0.3) is 10.0 Å². The Balaban J connectivity index is 1.97. The minimum atomic E-state index is -4.15. The number of piperidine rings is 1. The van der Waals surface area contributed by atoms with Crippen LogP contribution in [0.25, 0.3) is 0 Å². The first-order valence-electron chi connectivity index (χ1n) is 9.12. The van der Waals surface area contributed by atoms with Crippen molar-refractivity contribution in [1.82, 2.24) is 4.90 Å². The lowest BCUT2D eigenvalue weighted by Crippen LogP contribution is -2.45. The predicted molar refractivity (Wildman–Crippen MR) is 104 cm³/mol. The molecule has 2 aromatic carbocycles. The van der Waals surface area contributed by atoms with Crippen LogP contribution < -0.4 is 9.04 Å². The number of ether oxygens (including phenoxy) is 1. The number of anilines is 1. The Bertz CT molecular complexity index is 925. The second-order valence-corrected chi connectivity index (χ2v) is 8.44. The molecule has 1 saturated heterocycles. The summed E-state index contributed by atoms with van der Waals surface area (Å²) in [4.78, 5) is 14.3. The van der Waals surface area contributed by atoms with E-state index in [1.807, 2.05) is 0 Å². The van der Waals surface area contributed by atoms with Crippen molar-refractivity contribution in [3.8, 4) is 5.75 Å². The molecule has 0 radical (unpaired) electrons. The van der Waals surface area contributed by atoms with Gasteiger partial charge in [-0.15, -0.1) is 0 Å². The molecule has 28 heavy (non-hydrogen) atoms. The van der Waals surface area contributed by atoms with Crippen LogP contribution in [0.15, 0.2) is 53.4 Å². The van der Waals surface area contributed by atoms with Crippen LogP contribution in [0.1, 0.15) is 19.3 Å². The topological polar surface area (TPSA) is 66.9 Å². The smallest absolute Gasteiger partial charge is 0.264 e. The van der Waals surface area contributed by atoms with Gasteiger partial charge in [-0.05, 0) is 55.7 Å². The van der Waals surface area contributed by atoms with Crippen LogP contribution in [0.2, 0.25) is 0 Å². The molecule has 1 fully saturated rings. The number of rotatable bonds is 6. The Labute approximate surface area is 164 Å². The first kappa shape index (κ1) is 20.1. The van der Waals surface area contributed by atoms with E-state index in [0.717, 1.165) is 23.6 Å². The summed E-state index contributed by atoms with van der Waals surface area (Å²) in [6, 6.07) is 11.3. The van der Waals surface area contributed by atoms with Crippen LogP contribution in [0.3, 0.4) is 0 Å². The van der Waals surface area contributed by atoms with Crippen molar-refractivity contribution in [3.05, 3.63) is 54.3 Å². The monoisotopic (exact) mass is 406 g/mol. The highest BCUT2D eigenvalue weighted by Gasteiger charge is 2.31. The summed E-state index contributed by atoms with van der Waals surface area (Å²) in [6.45, 7) is 0.731. The summed E-state index contributed by atoms with van der Waals surface area (Å²) in [5, 5.41) is 0. The van der Waals surface area contributed by atoms with E-state index in [9.17, 15) is 17.6 Å². The van der Waals surface area contributed by atoms with Crippen molar-refractivity contribution >= 4 is 21.6 Å². The number of carbonyl (C=O) groups is 1. The Hall–Kier alpha value is -2.61. The minimum absolute atomic E-state index is 0.0389. The molecule has 0 atom stereocenters. The fraction of sp³-hybridized carbons (Fsp3) is 0.350. The van der Waals surface area contributed by atoms with Crippen LogP contribution in [0.5, 0.6) is 5.75 Å². The van der Waals surface area contributed by atoms with Crippen molar-refractivity contribution in [2.45, 2.75) is 24.2 Å².